The first-order valence-corrected chi connectivity index (χ1v) is 6.72. The fraction of sp³-hybridized carbons (Fsp3) is 0.643. The number of ketones is 1. The predicted octanol–water partition coefficient (Wildman–Crippen LogP) is 2.17. The van der Waals surface area contributed by atoms with Crippen molar-refractivity contribution in [3.63, 3.8) is 0 Å². The first kappa shape index (κ1) is 19.8. The molecule has 0 aliphatic rings. The highest BCUT2D eigenvalue weighted by Crippen LogP contribution is 1.99. The summed E-state index contributed by atoms with van der Waals surface area (Å²) in [5.74, 6) is 0.359. The third-order valence-electron chi connectivity index (χ3n) is 2.19. The van der Waals surface area contributed by atoms with Gasteiger partial charge >= 0.3 is 0 Å². The SMILES string of the molecule is C/C=C(\N=C(/CCC)C(C)=O)NC=O.CCCCN. The van der Waals surface area contributed by atoms with Crippen LogP contribution in [0.4, 0.5) is 0 Å². The van der Waals surface area contributed by atoms with Crippen molar-refractivity contribution in [2.75, 3.05) is 6.54 Å². The molecule has 0 aromatic rings. The van der Waals surface area contributed by atoms with E-state index in [-0.39, 0.29) is 5.78 Å². The molecule has 1 amide bonds. The number of hydrogen-bond acceptors (Lipinski definition) is 4. The Morgan fingerprint density at radius 1 is 1.32 bits per heavy atom. The van der Waals surface area contributed by atoms with Crippen molar-refractivity contribution in [3.05, 3.63) is 11.9 Å². The number of nitrogens with zero attached hydrogens (tertiary/aromatic N) is 1. The second-order valence-corrected chi connectivity index (χ2v) is 3.94. The van der Waals surface area contributed by atoms with Crippen LogP contribution in [0.2, 0.25) is 0 Å². The zero-order valence-electron chi connectivity index (χ0n) is 12.5. The molecule has 0 spiro atoms. The molecule has 0 rings (SSSR count). The first-order chi connectivity index (χ1) is 9.06. The van der Waals surface area contributed by atoms with E-state index in [1.807, 2.05) is 6.92 Å². The van der Waals surface area contributed by atoms with Gasteiger partial charge in [-0.15, -0.1) is 0 Å². The van der Waals surface area contributed by atoms with Crippen LogP contribution in [0, 0.1) is 0 Å². The lowest BCUT2D eigenvalue weighted by molar-refractivity contribution is -0.111. The van der Waals surface area contributed by atoms with Gasteiger partial charge < -0.3 is 11.1 Å². The Morgan fingerprint density at radius 3 is 2.21 bits per heavy atom. The molecule has 0 bridgehead atoms. The summed E-state index contributed by atoms with van der Waals surface area (Å²) in [7, 11) is 0. The predicted molar refractivity (Wildman–Crippen MR) is 79.9 cm³/mol. The lowest BCUT2D eigenvalue weighted by atomic mass is 10.1. The molecule has 5 heteroatoms. The van der Waals surface area contributed by atoms with Crippen LogP contribution >= 0.6 is 0 Å². The summed E-state index contributed by atoms with van der Waals surface area (Å²) in [6.07, 6.45) is 6.07. The Balaban J connectivity index is 0. The van der Waals surface area contributed by atoms with Gasteiger partial charge in [0, 0.05) is 6.92 Å². The molecule has 0 fully saturated rings. The van der Waals surface area contributed by atoms with Gasteiger partial charge in [-0.2, -0.15) is 0 Å². The number of nitrogens with one attached hydrogen (secondary N) is 1. The number of allylic oxidation sites excluding steroid dienone is 1. The third kappa shape index (κ3) is 12.8. The van der Waals surface area contributed by atoms with Crippen LogP contribution in [0.25, 0.3) is 0 Å². The number of carbonyl (C=O) groups is 2. The normalized spacial score (nSPS) is 11.4. The van der Waals surface area contributed by atoms with Crippen LogP contribution in [0.5, 0.6) is 0 Å². The Bertz CT molecular complexity index is 308. The standard InChI is InChI=1S/C10H16N2O2.C4H11N/c1-4-6-9(8(3)14)12-10(5-2)11-7-13;1-2-3-4-5/h5,7H,4,6H2,1-3H3,(H,11,13);2-5H2,1H3/b10-5-,12-9+;. The Hall–Kier alpha value is -1.49. The molecule has 0 atom stereocenters. The number of hydrogen-bond donors (Lipinski definition) is 2. The van der Waals surface area contributed by atoms with E-state index in [0.29, 0.717) is 24.4 Å². The van der Waals surface area contributed by atoms with Crippen molar-refractivity contribution in [1.82, 2.24) is 5.32 Å². The van der Waals surface area contributed by atoms with Crippen molar-refractivity contribution in [2.45, 2.75) is 53.4 Å². The molecule has 0 radical (unpaired) electrons. The fourth-order valence-electron chi connectivity index (χ4n) is 1.14. The van der Waals surface area contributed by atoms with Crippen LogP contribution < -0.4 is 11.1 Å². The van der Waals surface area contributed by atoms with Crippen molar-refractivity contribution >= 4 is 17.9 Å². The summed E-state index contributed by atoms with van der Waals surface area (Å²) in [5.41, 5.74) is 5.63. The molecule has 0 saturated carbocycles. The van der Waals surface area contributed by atoms with Crippen molar-refractivity contribution < 1.29 is 9.59 Å². The zero-order chi connectivity index (χ0) is 15.1. The summed E-state index contributed by atoms with van der Waals surface area (Å²) >= 11 is 0. The van der Waals surface area contributed by atoms with E-state index in [1.165, 1.54) is 19.8 Å². The summed E-state index contributed by atoms with van der Waals surface area (Å²) in [6.45, 7) is 8.17. The van der Waals surface area contributed by atoms with Gasteiger partial charge in [0.15, 0.2) is 5.78 Å². The molecule has 110 valence electrons. The van der Waals surface area contributed by atoms with E-state index in [2.05, 4.69) is 17.2 Å². The van der Waals surface area contributed by atoms with Gasteiger partial charge in [-0.25, -0.2) is 4.99 Å². The number of rotatable bonds is 8. The Kier molecular flexibility index (Phi) is 15.2. The first-order valence-electron chi connectivity index (χ1n) is 6.72. The van der Waals surface area contributed by atoms with Crippen molar-refractivity contribution in [2.24, 2.45) is 10.7 Å². The molecule has 5 nitrogen and oxygen atoms in total. The molecule has 0 aliphatic heterocycles. The summed E-state index contributed by atoms with van der Waals surface area (Å²) in [4.78, 5) is 25.4. The number of carbonyl (C=O) groups excluding carboxylic acids is 2. The molecular formula is C14H27N3O2. The average molecular weight is 269 g/mol. The maximum absolute atomic E-state index is 11.1. The molecule has 19 heavy (non-hydrogen) atoms. The summed E-state index contributed by atoms with van der Waals surface area (Å²) in [5, 5.41) is 2.42. The van der Waals surface area contributed by atoms with Crippen LogP contribution in [-0.2, 0) is 9.59 Å². The molecule has 0 aromatic carbocycles. The third-order valence-corrected chi connectivity index (χ3v) is 2.19. The lowest BCUT2D eigenvalue weighted by Gasteiger charge is -2.02. The van der Waals surface area contributed by atoms with E-state index < -0.39 is 0 Å². The largest absolute Gasteiger partial charge is 0.330 e. The van der Waals surface area contributed by atoms with Crippen LogP contribution in [0.1, 0.15) is 53.4 Å². The van der Waals surface area contributed by atoms with Gasteiger partial charge in [-0.1, -0.05) is 26.7 Å². The number of aliphatic imine (C=N–C) groups is 1. The number of nitrogens with two attached hydrogens (primary N) is 1. The highest BCUT2D eigenvalue weighted by Gasteiger charge is 2.04. The summed E-state index contributed by atoms with van der Waals surface area (Å²) < 4.78 is 0. The molecule has 0 aliphatic carbocycles. The molecule has 0 aromatic heterocycles. The Labute approximate surface area is 116 Å². The van der Waals surface area contributed by atoms with Crippen LogP contribution in [-0.4, -0.2) is 24.4 Å². The van der Waals surface area contributed by atoms with Gasteiger partial charge in [0.05, 0.1) is 5.71 Å². The second kappa shape index (κ2) is 14.6. The topological polar surface area (TPSA) is 84.5 Å². The molecule has 0 unspecified atom stereocenters. The minimum absolute atomic E-state index is 0.0566. The maximum atomic E-state index is 11.1. The molecular weight excluding hydrogens is 242 g/mol. The minimum atomic E-state index is -0.0566. The highest BCUT2D eigenvalue weighted by molar-refractivity contribution is 6.39. The van der Waals surface area contributed by atoms with Crippen LogP contribution in [0.15, 0.2) is 16.9 Å². The van der Waals surface area contributed by atoms with Gasteiger partial charge in [0.1, 0.15) is 5.82 Å². The monoisotopic (exact) mass is 269 g/mol. The second-order valence-electron chi connectivity index (χ2n) is 3.94. The van der Waals surface area contributed by atoms with E-state index in [4.69, 9.17) is 5.73 Å². The van der Waals surface area contributed by atoms with Gasteiger partial charge in [-0.3, -0.25) is 9.59 Å². The van der Waals surface area contributed by atoms with Gasteiger partial charge in [0.2, 0.25) is 6.41 Å². The number of unbranched alkanes of at least 4 members (excludes halogenated alkanes) is 1. The summed E-state index contributed by atoms with van der Waals surface area (Å²) in [6, 6.07) is 0. The lowest BCUT2D eigenvalue weighted by Crippen LogP contribution is -2.15. The minimum Gasteiger partial charge on any atom is -0.330 e. The van der Waals surface area contributed by atoms with Crippen molar-refractivity contribution in [1.29, 1.82) is 0 Å². The van der Waals surface area contributed by atoms with Gasteiger partial charge in [-0.05, 0) is 32.4 Å². The van der Waals surface area contributed by atoms with Crippen molar-refractivity contribution in [3.8, 4) is 0 Å². The van der Waals surface area contributed by atoms with Gasteiger partial charge in [0.25, 0.3) is 0 Å². The molecule has 0 heterocycles. The number of amides is 1. The zero-order valence-corrected chi connectivity index (χ0v) is 12.5. The maximum Gasteiger partial charge on any atom is 0.212 e. The van der Waals surface area contributed by atoms with E-state index >= 15 is 0 Å². The smallest absolute Gasteiger partial charge is 0.212 e. The molecule has 0 saturated heterocycles. The molecule has 3 N–H and O–H groups in total. The van der Waals surface area contributed by atoms with E-state index in [0.717, 1.165) is 13.0 Å². The number of Topliss-reactive ketones (excluding diaryl/α,β-unsaturated/α-hetero) is 1. The van der Waals surface area contributed by atoms with E-state index in [9.17, 15) is 9.59 Å². The fourth-order valence-corrected chi connectivity index (χ4v) is 1.14. The Morgan fingerprint density at radius 2 is 1.95 bits per heavy atom. The van der Waals surface area contributed by atoms with E-state index in [1.54, 1.807) is 13.0 Å². The highest BCUT2D eigenvalue weighted by atomic mass is 16.1. The van der Waals surface area contributed by atoms with Crippen LogP contribution in [0.3, 0.4) is 0 Å². The quantitative estimate of drug-likeness (QED) is 0.523. The average Bonchev–Trinajstić information content (AvgIpc) is 2.38.